The van der Waals surface area contributed by atoms with Crippen molar-refractivity contribution in [3.05, 3.63) is 24.3 Å². The van der Waals surface area contributed by atoms with Crippen LogP contribution in [0.25, 0.3) is 0 Å². The Bertz CT molecular complexity index is 974. The number of rotatable bonds is 5. The number of carbonyl (C=O) groups is 3. The van der Waals surface area contributed by atoms with Crippen molar-refractivity contribution in [2.45, 2.75) is 11.1 Å². The third kappa shape index (κ3) is 4.05. The molecule has 14 heteroatoms. The number of aliphatic imine (C=N–C) groups is 2. The fourth-order valence-corrected chi connectivity index (χ4v) is 2.95. The van der Waals surface area contributed by atoms with E-state index in [0.29, 0.717) is 4.90 Å². The fraction of sp³-hybridized carbons (Fsp3) is 0.154. The van der Waals surface area contributed by atoms with E-state index < -0.39 is 50.7 Å². The summed E-state index contributed by atoms with van der Waals surface area (Å²) in [6, 6.07) is 4.38. The molecule has 0 unspecified atom stereocenters. The number of benzene rings is 1. The second-order valence-electron chi connectivity index (χ2n) is 4.84. The highest BCUT2D eigenvalue weighted by atomic mass is 35.5. The molecule has 1 aliphatic heterocycles. The first-order chi connectivity index (χ1) is 12.6. The van der Waals surface area contributed by atoms with E-state index in [2.05, 4.69) is 14.3 Å². The second kappa shape index (κ2) is 7.69. The van der Waals surface area contributed by atoms with Gasteiger partial charge >= 0.3 is 18.0 Å². The molecule has 12 nitrogen and oxygen atoms in total. The van der Waals surface area contributed by atoms with Crippen LogP contribution in [0, 0.1) is 0 Å². The standard InChI is InChI=1S/C13H11ClN4O8S/c1-25-13-16-9(8(19)11(20)21)18(10(17-13)12(22)26-14)6-4-2-3-5-7(6)27(15,23)24/h2-5,9H,1H3,(H,20,21)(H2,15,23,24)/t9-/m1/s1. The molecule has 0 fully saturated rings. The minimum Gasteiger partial charge on any atom is -0.475 e. The van der Waals surface area contributed by atoms with Gasteiger partial charge in [0, 0.05) is 0 Å². The van der Waals surface area contributed by atoms with Gasteiger partial charge in [0.2, 0.25) is 22.0 Å². The van der Waals surface area contributed by atoms with Crippen LogP contribution in [-0.2, 0) is 33.4 Å². The van der Waals surface area contributed by atoms with Crippen molar-refractivity contribution in [1.29, 1.82) is 0 Å². The van der Waals surface area contributed by atoms with Crippen LogP contribution < -0.4 is 10.0 Å². The molecule has 1 aliphatic rings. The minimum atomic E-state index is -4.35. The molecule has 1 aromatic rings. The molecule has 0 aromatic heterocycles. The number of Topliss-reactive ketones (excluding diaryl/α,β-unsaturated/α-hetero) is 1. The SMILES string of the molecule is COC1=N[C@@H](C(=O)C(=O)O)N(c2ccccc2S(N)(=O)=O)C(C(=O)OCl)=N1. The lowest BCUT2D eigenvalue weighted by Gasteiger charge is -2.32. The number of methoxy groups -OCH3 is 1. The monoisotopic (exact) mass is 418 g/mol. The van der Waals surface area contributed by atoms with Crippen molar-refractivity contribution in [1.82, 2.24) is 0 Å². The maximum Gasteiger partial charge on any atom is 0.392 e. The Morgan fingerprint density at radius 1 is 1.30 bits per heavy atom. The molecule has 0 radical (unpaired) electrons. The zero-order valence-electron chi connectivity index (χ0n) is 13.4. The molecule has 2 rings (SSSR count). The van der Waals surface area contributed by atoms with Crippen molar-refractivity contribution in [3.8, 4) is 0 Å². The number of para-hydroxylation sites is 1. The average molecular weight is 419 g/mol. The quantitative estimate of drug-likeness (QED) is 0.580. The van der Waals surface area contributed by atoms with E-state index in [1.807, 2.05) is 0 Å². The van der Waals surface area contributed by atoms with E-state index in [-0.39, 0.29) is 5.69 Å². The van der Waals surface area contributed by atoms with Crippen molar-refractivity contribution in [2.24, 2.45) is 15.1 Å². The zero-order valence-corrected chi connectivity index (χ0v) is 15.0. The molecule has 0 spiro atoms. The number of sulfonamides is 1. The van der Waals surface area contributed by atoms with Gasteiger partial charge in [-0.2, -0.15) is 9.98 Å². The van der Waals surface area contributed by atoms with Crippen LogP contribution in [0.3, 0.4) is 0 Å². The topological polar surface area (TPSA) is 178 Å². The number of amidine groups is 2. The number of hydrogen-bond acceptors (Lipinski definition) is 10. The lowest BCUT2D eigenvalue weighted by atomic mass is 10.2. The van der Waals surface area contributed by atoms with Gasteiger partial charge in [-0.1, -0.05) is 12.1 Å². The van der Waals surface area contributed by atoms with Gasteiger partial charge in [0.05, 0.1) is 12.8 Å². The molecule has 0 saturated carbocycles. The van der Waals surface area contributed by atoms with Crippen LogP contribution in [0.2, 0.25) is 0 Å². The van der Waals surface area contributed by atoms with Crippen molar-refractivity contribution in [2.75, 3.05) is 12.0 Å². The predicted octanol–water partition coefficient (Wildman–Crippen LogP) is -0.768. The van der Waals surface area contributed by atoms with Gasteiger partial charge < -0.3 is 14.1 Å². The van der Waals surface area contributed by atoms with Gasteiger partial charge in [0.15, 0.2) is 0 Å². The average Bonchev–Trinajstić information content (AvgIpc) is 2.64. The number of carbonyl (C=O) groups excluding carboxylic acids is 2. The first-order valence-corrected chi connectivity index (χ1v) is 8.69. The normalized spacial score (nSPS) is 16.9. The van der Waals surface area contributed by atoms with E-state index in [4.69, 9.17) is 26.8 Å². The predicted molar refractivity (Wildman–Crippen MR) is 90.5 cm³/mol. The zero-order chi connectivity index (χ0) is 20.4. The number of primary sulfonamides is 1. The highest BCUT2D eigenvalue weighted by Crippen LogP contribution is 2.29. The van der Waals surface area contributed by atoms with Gasteiger partial charge in [-0.25, -0.2) is 23.1 Å². The molecule has 144 valence electrons. The largest absolute Gasteiger partial charge is 0.475 e. The van der Waals surface area contributed by atoms with Crippen molar-refractivity contribution >= 4 is 57.2 Å². The Labute approximate surface area is 157 Å². The second-order valence-corrected chi connectivity index (χ2v) is 6.53. The summed E-state index contributed by atoms with van der Waals surface area (Å²) in [4.78, 5) is 42.8. The lowest BCUT2D eigenvalue weighted by Crippen LogP contribution is -2.52. The number of carboxylic acids is 1. The molecule has 27 heavy (non-hydrogen) atoms. The number of ether oxygens (including phenoxy) is 1. The number of nitrogens with two attached hydrogens (primary N) is 1. The summed E-state index contributed by atoms with van der Waals surface area (Å²) in [6.45, 7) is 0. The number of aliphatic carboxylic acids is 1. The minimum absolute atomic E-state index is 0.348. The van der Waals surface area contributed by atoms with Gasteiger partial charge in [-0.05, 0) is 12.1 Å². The molecule has 1 atom stereocenters. The van der Waals surface area contributed by atoms with Gasteiger partial charge in [0.1, 0.15) is 16.8 Å². The molecule has 0 saturated heterocycles. The van der Waals surface area contributed by atoms with Crippen LogP contribution in [0.5, 0.6) is 0 Å². The van der Waals surface area contributed by atoms with E-state index in [0.717, 1.165) is 19.2 Å². The Balaban J connectivity index is 2.80. The van der Waals surface area contributed by atoms with Crippen LogP contribution in [-0.4, -0.2) is 56.4 Å². The van der Waals surface area contributed by atoms with Crippen molar-refractivity contribution < 1.29 is 36.9 Å². The summed E-state index contributed by atoms with van der Waals surface area (Å²) in [5, 5.41) is 14.2. The summed E-state index contributed by atoms with van der Waals surface area (Å²) in [5.41, 5.74) is -0.348. The summed E-state index contributed by atoms with van der Waals surface area (Å²) >= 11 is 5.07. The third-order valence-electron chi connectivity index (χ3n) is 3.22. The molecular formula is C13H11ClN4O8S. The Morgan fingerprint density at radius 2 is 1.93 bits per heavy atom. The number of carboxylic acid groups (broad SMARTS) is 1. The number of halogens is 1. The van der Waals surface area contributed by atoms with E-state index >= 15 is 0 Å². The molecule has 1 aromatic carbocycles. The smallest absolute Gasteiger partial charge is 0.392 e. The van der Waals surface area contributed by atoms with E-state index in [9.17, 15) is 22.8 Å². The number of ketones is 1. The molecule has 0 bridgehead atoms. The first kappa shape index (κ1) is 20.3. The Morgan fingerprint density at radius 3 is 2.44 bits per heavy atom. The number of hydrogen-bond donors (Lipinski definition) is 2. The van der Waals surface area contributed by atoms with Crippen LogP contribution >= 0.6 is 11.9 Å². The molecule has 3 N–H and O–H groups in total. The summed E-state index contributed by atoms with van der Waals surface area (Å²) in [7, 11) is -3.25. The molecular weight excluding hydrogens is 408 g/mol. The lowest BCUT2D eigenvalue weighted by molar-refractivity contribution is -0.149. The van der Waals surface area contributed by atoms with E-state index in [1.54, 1.807) is 0 Å². The maximum atomic E-state index is 12.1. The molecule has 0 aliphatic carbocycles. The summed E-state index contributed by atoms with van der Waals surface area (Å²) in [6.07, 6.45) is -1.94. The third-order valence-corrected chi connectivity index (χ3v) is 4.32. The molecule has 0 amide bonds. The number of anilines is 1. The summed E-state index contributed by atoms with van der Waals surface area (Å²) in [5.74, 6) is -5.48. The Hall–Kier alpha value is -3.03. The van der Waals surface area contributed by atoms with Crippen molar-refractivity contribution in [3.63, 3.8) is 0 Å². The first-order valence-electron chi connectivity index (χ1n) is 6.83. The van der Waals surface area contributed by atoms with Crippen LogP contribution in [0.15, 0.2) is 39.1 Å². The summed E-state index contributed by atoms with van der Waals surface area (Å²) < 4.78 is 32.6. The van der Waals surface area contributed by atoms with E-state index in [1.165, 1.54) is 12.1 Å². The number of nitrogens with zero attached hydrogens (tertiary/aromatic N) is 3. The van der Waals surface area contributed by atoms with Crippen LogP contribution in [0.1, 0.15) is 0 Å². The van der Waals surface area contributed by atoms with Gasteiger partial charge in [-0.15, -0.1) is 0 Å². The highest BCUT2D eigenvalue weighted by Gasteiger charge is 2.42. The fourth-order valence-electron chi connectivity index (χ4n) is 2.16. The van der Waals surface area contributed by atoms with Gasteiger partial charge in [0.25, 0.3) is 5.78 Å². The highest BCUT2D eigenvalue weighted by molar-refractivity contribution is 7.89. The van der Waals surface area contributed by atoms with Gasteiger partial charge in [-0.3, -0.25) is 9.69 Å². The Kier molecular flexibility index (Phi) is 5.78. The van der Waals surface area contributed by atoms with Crippen LogP contribution in [0.4, 0.5) is 5.69 Å². The molecule has 1 heterocycles. The maximum absolute atomic E-state index is 12.1.